The SMILES string of the molecule is Cc1cc(C(=O)NC(C=O)CC(C)C)no1. The van der Waals surface area contributed by atoms with Gasteiger partial charge in [0, 0.05) is 6.07 Å². The number of aldehydes is 1. The third-order valence-corrected chi connectivity index (χ3v) is 2.07. The molecule has 0 aliphatic heterocycles. The van der Waals surface area contributed by atoms with E-state index < -0.39 is 6.04 Å². The molecule has 1 unspecified atom stereocenters. The molecular weight excluding hydrogens is 208 g/mol. The van der Waals surface area contributed by atoms with Gasteiger partial charge >= 0.3 is 0 Å². The Kier molecular flexibility index (Phi) is 4.22. The zero-order valence-electron chi connectivity index (χ0n) is 9.69. The van der Waals surface area contributed by atoms with Gasteiger partial charge in [0.2, 0.25) is 0 Å². The zero-order valence-corrected chi connectivity index (χ0v) is 9.69. The summed E-state index contributed by atoms with van der Waals surface area (Å²) in [6.45, 7) is 5.68. The summed E-state index contributed by atoms with van der Waals surface area (Å²) in [4.78, 5) is 22.4. The van der Waals surface area contributed by atoms with Crippen molar-refractivity contribution in [2.45, 2.75) is 33.2 Å². The fourth-order valence-corrected chi connectivity index (χ4v) is 1.37. The van der Waals surface area contributed by atoms with E-state index in [2.05, 4.69) is 10.5 Å². The van der Waals surface area contributed by atoms with Gasteiger partial charge in [-0.15, -0.1) is 0 Å². The van der Waals surface area contributed by atoms with Crippen LogP contribution in [0.15, 0.2) is 10.6 Å². The molecule has 0 radical (unpaired) electrons. The Morgan fingerprint density at radius 3 is 2.75 bits per heavy atom. The summed E-state index contributed by atoms with van der Waals surface area (Å²) in [7, 11) is 0. The Bertz CT molecular complexity index is 371. The lowest BCUT2D eigenvalue weighted by Crippen LogP contribution is -2.37. The number of carbonyl (C=O) groups is 2. The van der Waals surface area contributed by atoms with Crippen LogP contribution in [0.4, 0.5) is 0 Å². The Labute approximate surface area is 94.2 Å². The van der Waals surface area contributed by atoms with Crippen molar-refractivity contribution in [3.05, 3.63) is 17.5 Å². The fraction of sp³-hybridized carbons (Fsp3) is 0.545. The van der Waals surface area contributed by atoms with Crippen LogP contribution in [-0.2, 0) is 4.79 Å². The van der Waals surface area contributed by atoms with Crippen LogP contribution < -0.4 is 5.32 Å². The third-order valence-electron chi connectivity index (χ3n) is 2.07. The van der Waals surface area contributed by atoms with E-state index in [0.29, 0.717) is 18.1 Å². The van der Waals surface area contributed by atoms with Crippen molar-refractivity contribution >= 4 is 12.2 Å². The van der Waals surface area contributed by atoms with Crippen LogP contribution in [0.1, 0.15) is 36.5 Å². The smallest absolute Gasteiger partial charge is 0.274 e. The highest BCUT2D eigenvalue weighted by molar-refractivity contribution is 5.93. The first-order valence-corrected chi connectivity index (χ1v) is 5.22. The van der Waals surface area contributed by atoms with Crippen molar-refractivity contribution in [1.82, 2.24) is 10.5 Å². The predicted octanol–water partition coefficient (Wildman–Crippen LogP) is 1.33. The van der Waals surface area contributed by atoms with Gasteiger partial charge in [-0.1, -0.05) is 19.0 Å². The van der Waals surface area contributed by atoms with Gasteiger partial charge in [0.15, 0.2) is 5.69 Å². The molecule has 1 heterocycles. The van der Waals surface area contributed by atoms with Crippen LogP contribution in [0.3, 0.4) is 0 Å². The molecule has 1 aromatic rings. The molecule has 1 rings (SSSR count). The van der Waals surface area contributed by atoms with Crippen LogP contribution in [0.5, 0.6) is 0 Å². The second-order valence-electron chi connectivity index (χ2n) is 4.17. The Morgan fingerprint density at radius 1 is 1.62 bits per heavy atom. The second-order valence-corrected chi connectivity index (χ2v) is 4.17. The van der Waals surface area contributed by atoms with E-state index in [4.69, 9.17) is 4.52 Å². The van der Waals surface area contributed by atoms with Gasteiger partial charge in [-0.05, 0) is 19.3 Å². The minimum atomic E-state index is -0.468. The Hall–Kier alpha value is -1.65. The number of nitrogens with zero attached hydrogens (tertiary/aromatic N) is 1. The van der Waals surface area contributed by atoms with Crippen LogP contribution in [0.2, 0.25) is 0 Å². The molecule has 1 amide bonds. The van der Waals surface area contributed by atoms with Gasteiger partial charge in [0.05, 0.1) is 6.04 Å². The molecule has 5 nitrogen and oxygen atoms in total. The third kappa shape index (κ3) is 3.49. The fourth-order valence-electron chi connectivity index (χ4n) is 1.37. The Balaban J connectivity index is 2.58. The number of amides is 1. The molecule has 88 valence electrons. The molecule has 0 saturated heterocycles. The summed E-state index contributed by atoms with van der Waals surface area (Å²) in [6.07, 6.45) is 1.36. The lowest BCUT2D eigenvalue weighted by molar-refractivity contribution is -0.109. The van der Waals surface area contributed by atoms with Crippen molar-refractivity contribution < 1.29 is 14.1 Å². The summed E-state index contributed by atoms with van der Waals surface area (Å²) in [5.74, 6) is 0.529. The number of hydrogen-bond donors (Lipinski definition) is 1. The van der Waals surface area contributed by atoms with Crippen molar-refractivity contribution in [3.63, 3.8) is 0 Å². The summed E-state index contributed by atoms with van der Waals surface area (Å²) in [5.41, 5.74) is 0.202. The van der Waals surface area contributed by atoms with Crippen molar-refractivity contribution in [2.24, 2.45) is 5.92 Å². The van der Waals surface area contributed by atoms with Gasteiger partial charge in [-0.2, -0.15) is 0 Å². The standard InChI is InChI=1S/C11H16N2O3/c1-7(2)4-9(6-14)12-11(15)10-5-8(3)16-13-10/h5-7,9H,4H2,1-3H3,(H,12,15). The molecule has 5 heteroatoms. The first kappa shape index (κ1) is 12.4. The topological polar surface area (TPSA) is 72.2 Å². The van der Waals surface area contributed by atoms with Crippen molar-refractivity contribution in [3.8, 4) is 0 Å². The quantitative estimate of drug-likeness (QED) is 0.766. The van der Waals surface area contributed by atoms with Crippen molar-refractivity contribution in [2.75, 3.05) is 0 Å². The molecule has 0 saturated carbocycles. The normalized spacial score (nSPS) is 12.5. The molecule has 1 atom stereocenters. The monoisotopic (exact) mass is 224 g/mol. The van der Waals surface area contributed by atoms with E-state index in [0.717, 1.165) is 6.29 Å². The summed E-state index contributed by atoms with van der Waals surface area (Å²) in [5, 5.41) is 6.18. The minimum Gasteiger partial charge on any atom is -0.361 e. The maximum absolute atomic E-state index is 11.6. The number of hydrogen-bond acceptors (Lipinski definition) is 4. The van der Waals surface area contributed by atoms with Crippen molar-refractivity contribution in [1.29, 1.82) is 0 Å². The lowest BCUT2D eigenvalue weighted by atomic mass is 10.0. The number of carbonyl (C=O) groups excluding carboxylic acids is 2. The van der Waals surface area contributed by atoms with E-state index in [1.807, 2.05) is 13.8 Å². The maximum Gasteiger partial charge on any atom is 0.274 e. The highest BCUT2D eigenvalue weighted by Gasteiger charge is 2.16. The van der Waals surface area contributed by atoms with Crippen LogP contribution in [-0.4, -0.2) is 23.4 Å². The van der Waals surface area contributed by atoms with E-state index >= 15 is 0 Å². The van der Waals surface area contributed by atoms with E-state index in [1.54, 1.807) is 6.92 Å². The average molecular weight is 224 g/mol. The summed E-state index contributed by atoms with van der Waals surface area (Å²) < 4.78 is 4.78. The summed E-state index contributed by atoms with van der Waals surface area (Å²) in [6, 6.07) is 1.07. The molecule has 0 aliphatic carbocycles. The molecule has 0 bridgehead atoms. The zero-order chi connectivity index (χ0) is 12.1. The number of rotatable bonds is 5. The molecule has 0 fully saturated rings. The Morgan fingerprint density at radius 2 is 2.31 bits per heavy atom. The second kappa shape index (κ2) is 5.44. The molecule has 16 heavy (non-hydrogen) atoms. The van der Waals surface area contributed by atoms with Crippen LogP contribution in [0, 0.1) is 12.8 Å². The number of aryl methyl sites for hydroxylation is 1. The van der Waals surface area contributed by atoms with E-state index in [9.17, 15) is 9.59 Å². The van der Waals surface area contributed by atoms with Gasteiger partial charge in [0.25, 0.3) is 5.91 Å². The highest BCUT2D eigenvalue weighted by Crippen LogP contribution is 2.05. The van der Waals surface area contributed by atoms with Gasteiger partial charge in [-0.25, -0.2) is 0 Å². The lowest BCUT2D eigenvalue weighted by Gasteiger charge is -2.13. The van der Waals surface area contributed by atoms with Gasteiger partial charge in [0.1, 0.15) is 12.0 Å². The average Bonchev–Trinajstić information content (AvgIpc) is 2.63. The highest BCUT2D eigenvalue weighted by atomic mass is 16.5. The van der Waals surface area contributed by atoms with Crippen LogP contribution >= 0.6 is 0 Å². The molecule has 1 N–H and O–H groups in total. The first-order chi connectivity index (χ1) is 7.52. The molecule has 1 aromatic heterocycles. The van der Waals surface area contributed by atoms with Gasteiger partial charge in [-0.3, -0.25) is 4.79 Å². The molecular formula is C11H16N2O3. The molecule has 0 aromatic carbocycles. The number of nitrogens with one attached hydrogen (secondary N) is 1. The maximum atomic E-state index is 11.6. The van der Waals surface area contributed by atoms with E-state index in [1.165, 1.54) is 6.07 Å². The van der Waals surface area contributed by atoms with Crippen LogP contribution in [0.25, 0.3) is 0 Å². The first-order valence-electron chi connectivity index (χ1n) is 5.22. The number of aromatic nitrogens is 1. The largest absolute Gasteiger partial charge is 0.361 e. The summed E-state index contributed by atoms with van der Waals surface area (Å²) >= 11 is 0. The van der Waals surface area contributed by atoms with E-state index in [-0.39, 0.29) is 11.6 Å². The van der Waals surface area contributed by atoms with Gasteiger partial charge < -0.3 is 14.6 Å². The molecule has 0 aliphatic rings. The predicted molar refractivity (Wildman–Crippen MR) is 58.0 cm³/mol. The molecule has 0 spiro atoms. The minimum absolute atomic E-state index is 0.202.